The number of hydrogen-bond donors (Lipinski definition) is 1. The summed E-state index contributed by atoms with van der Waals surface area (Å²) in [6.45, 7) is 2.49. The van der Waals surface area contributed by atoms with E-state index in [1.54, 1.807) is 16.4 Å². The quantitative estimate of drug-likeness (QED) is 0.852. The largest absolute Gasteiger partial charge is 0.396 e. The zero-order valence-electron chi connectivity index (χ0n) is 14.3. The first-order chi connectivity index (χ1) is 11.5. The first-order valence-corrected chi connectivity index (χ1v) is 10.4. The molecule has 1 aromatic rings. The number of aryl methyl sites for hydroxylation is 1. The Kier molecular flexibility index (Phi) is 5.42. The van der Waals surface area contributed by atoms with Crippen molar-refractivity contribution in [1.82, 2.24) is 4.31 Å². The van der Waals surface area contributed by atoms with Crippen LogP contribution in [0, 0.1) is 12.8 Å². The van der Waals surface area contributed by atoms with E-state index in [0.29, 0.717) is 11.4 Å². The van der Waals surface area contributed by atoms with Crippen LogP contribution in [0.4, 0.5) is 0 Å². The Morgan fingerprint density at radius 2 is 1.75 bits per heavy atom. The van der Waals surface area contributed by atoms with Crippen LogP contribution in [0.1, 0.15) is 44.1 Å². The van der Waals surface area contributed by atoms with E-state index in [1.807, 2.05) is 19.1 Å². The van der Waals surface area contributed by atoms with Gasteiger partial charge in [0.05, 0.1) is 4.90 Å². The monoisotopic (exact) mass is 349 g/mol. The van der Waals surface area contributed by atoms with Gasteiger partial charge in [-0.2, -0.15) is 4.31 Å². The van der Waals surface area contributed by atoms with E-state index >= 15 is 0 Å². The first kappa shape index (κ1) is 17.6. The minimum Gasteiger partial charge on any atom is -0.396 e. The number of sulfonamides is 1. The van der Waals surface area contributed by atoms with Gasteiger partial charge in [-0.15, -0.1) is 0 Å². The van der Waals surface area contributed by atoms with E-state index in [4.69, 9.17) is 0 Å². The topological polar surface area (TPSA) is 57.6 Å². The third-order valence-corrected chi connectivity index (χ3v) is 7.17. The van der Waals surface area contributed by atoms with Crippen molar-refractivity contribution < 1.29 is 13.5 Å². The summed E-state index contributed by atoms with van der Waals surface area (Å²) < 4.78 is 27.9. The second-order valence-corrected chi connectivity index (χ2v) is 8.93. The van der Waals surface area contributed by atoms with Gasteiger partial charge >= 0.3 is 0 Å². The Balaban J connectivity index is 1.89. The van der Waals surface area contributed by atoms with Gasteiger partial charge in [-0.1, -0.05) is 55.0 Å². The summed E-state index contributed by atoms with van der Waals surface area (Å²) in [5.74, 6) is 0.101. The van der Waals surface area contributed by atoms with Gasteiger partial charge in [-0.3, -0.25) is 0 Å². The molecule has 3 rings (SSSR count). The van der Waals surface area contributed by atoms with Gasteiger partial charge in [0, 0.05) is 25.1 Å². The predicted molar refractivity (Wildman–Crippen MR) is 95.2 cm³/mol. The van der Waals surface area contributed by atoms with E-state index in [0.717, 1.165) is 43.2 Å². The number of fused-ring (bicyclic) bond motifs is 1. The molecule has 0 spiro atoms. The molecular weight excluding hydrogens is 322 g/mol. The Bertz CT molecular complexity index is 694. The Morgan fingerprint density at radius 3 is 2.42 bits per heavy atom. The Hall–Kier alpha value is -1.17. The Morgan fingerprint density at radius 1 is 1.08 bits per heavy atom. The highest BCUT2D eigenvalue weighted by molar-refractivity contribution is 7.89. The molecule has 2 unspecified atom stereocenters. The molecule has 1 aliphatic heterocycles. The summed E-state index contributed by atoms with van der Waals surface area (Å²) in [6.07, 6.45) is 8.39. The molecule has 1 aromatic carbocycles. The van der Waals surface area contributed by atoms with Crippen LogP contribution >= 0.6 is 0 Å². The van der Waals surface area contributed by atoms with Crippen molar-refractivity contribution >= 4 is 10.0 Å². The molecule has 0 saturated heterocycles. The van der Waals surface area contributed by atoms with Gasteiger partial charge in [0.1, 0.15) is 0 Å². The highest BCUT2D eigenvalue weighted by atomic mass is 32.2. The van der Waals surface area contributed by atoms with Gasteiger partial charge in [-0.25, -0.2) is 8.42 Å². The smallest absolute Gasteiger partial charge is 0.243 e. The minimum atomic E-state index is -3.50. The molecule has 4 nitrogen and oxygen atoms in total. The lowest BCUT2D eigenvalue weighted by atomic mass is 9.92. The molecule has 0 fully saturated rings. The van der Waals surface area contributed by atoms with Crippen molar-refractivity contribution in [3.05, 3.63) is 41.5 Å². The van der Waals surface area contributed by atoms with Gasteiger partial charge in [0.25, 0.3) is 0 Å². The lowest BCUT2D eigenvalue weighted by Gasteiger charge is -2.24. The second kappa shape index (κ2) is 7.38. The van der Waals surface area contributed by atoms with Crippen LogP contribution in [0.15, 0.2) is 40.8 Å². The van der Waals surface area contributed by atoms with E-state index in [2.05, 4.69) is 6.08 Å². The number of aliphatic hydroxyl groups is 1. The van der Waals surface area contributed by atoms with Gasteiger partial charge < -0.3 is 5.11 Å². The molecule has 0 amide bonds. The molecular formula is C19H27NO3S. The summed E-state index contributed by atoms with van der Waals surface area (Å²) in [5, 5.41) is 9.72. The molecule has 0 saturated carbocycles. The van der Waals surface area contributed by atoms with Crippen LogP contribution in [-0.4, -0.2) is 37.0 Å². The maximum atomic E-state index is 13.1. The molecule has 132 valence electrons. The van der Waals surface area contributed by atoms with Crippen molar-refractivity contribution in [3.8, 4) is 0 Å². The molecule has 2 atom stereocenters. The fourth-order valence-corrected chi connectivity index (χ4v) is 5.37. The third-order valence-electron chi connectivity index (χ3n) is 5.29. The number of nitrogens with zero attached hydrogens (tertiary/aromatic N) is 1. The van der Waals surface area contributed by atoms with E-state index in [9.17, 15) is 13.5 Å². The van der Waals surface area contributed by atoms with Gasteiger partial charge in [0.2, 0.25) is 10.0 Å². The summed E-state index contributed by atoms with van der Waals surface area (Å²) in [7, 11) is -3.50. The zero-order valence-corrected chi connectivity index (χ0v) is 15.1. The maximum absolute atomic E-state index is 13.1. The van der Waals surface area contributed by atoms with Crippen LogP contribution < -0.4 is 0 Å². The molecule has 0 radical (unpaired) electrons. The lowest BCUT2D eigenvalue weighted by molar-refractivity contribution is 0.234. The maximum Gasteiger partial charge on any atom is 0.243 e. The number of benzene rings is 1. The zero-order chi connectivity index (χ0) is 17.2. The number of hydrogen-bond acceptors (Lipinski definition) is 3. The van der Waals surface area contributed by atoms with E-state index in [1.165, 1.54) is 6.42 Å². The minimum absolute atomic E-state index is 0.0709. The highest BCUT2D eigenvalue weighted by Gasteiger charge is 2.37. The molecule has 1 N–H and O–H groups in total. The first-order valence-electron chi connectivity index (χ1n) is 8.92. The Labute approximate surface area is 145 Å². The summed E-state index contributed by atoms with van der Waals surface area (Å²) in [5.41, 5.74) is 2.15. The molecule has 1 aliphatic carbocycles. The summed E-state index contributed by atoms with van der Waals surface area (Å²) >= 11 is 0. The molecule has 24 heavy (non-hydrogen) atoms. The van der Waals surface area contributed by atoms with Crippen molar-refractivity contribution in [1.29, 1.82) is 0 Å². The highest BCUT2D eigenvalue weighted by Crippen LogP contribution is 2.34. The van der Waals surface area contributed by atoms with Crippen molar-refractivity contribution in [2.24, 2.45) is 5.92 Å². The van der Waals surface area contributed by atoms with Gasteiger partial charge in [-0.05, 0) is 31.9 Å². The average Bonchev–Trinajstić information content (AvgIpc) is 2.98. The standard InChI is InChI=1S/C19H27NO3S/c1-15-8-10-19(11-9-15)24(22,23)20-13-17-12-18(20)7-5-3-2-4-6-16(17)14-21/h8-12,16,18,21H,2-7,13-14H2,1H3. The molecule has 0 aromatic heterocycles. The third kappa shape index (κ3) is 3.58. The normalized spacial score (nSPS) is 26.2. The molecule has 1 heterocycles. The van der Waals surface area contributed by atoms with Crippen molar-refractivity contribution in [2.45, 2.75) is 56.4 Å². The number of rotatable bonds is 3. The van der Waals surface area contributed by atoms with E-state index in [-0.39, 0.29) is 18.6 Å². The number of aliphatic hydroxyl groups excluding tert-OH is 1. The fourth-order valence-electron chi connectivity index (χ4n) is 3.77. The van der Waals surface area contributed by atoms with E-state index < -0.39 is 10.0 Å². The van der Waals surface area contributed by atoms with Crippen LogP contribution in [-0.2, 0) is 10.0 Å². The van der Waals surface area contributed by atoms with Crippen LogP contribution in [0.2, 0.25) is 0 Å². The van der Waals surface area contributed by atoms with Crippen molar-refractivity contribution in [2.75, 3.05) is 13.2 Å². The average molecular weight is 349 g/mol. The van der Waals surface area contributed by atoms with Crippen LogP contribution in [0.25, 0.3) is 0 Å². The SMILES string of the molecule is Cc1ccc(S(=O)(=O)N2CC3=CC2CCCCCCC3CO)cc1. The van der Waals surface area contributed by atoms with Crippen LogP contribution in [0.5, 0.6) is 0 Å². The molecule has 2 bridgehead atoms. The predicted octanol–water partition coefficient (Wildman–Crippen LogP) is 3.26. The second-order valence-electron chi connectivity index (χ2n) is 7.04. The van der Waals surface area contributed by atoms with Crippen molar-refractivity contribution in [3.63, 3.8) is 0 Å². The lowest BCUT2D eigenvalue weighted by Crippen LogP contribution is -2.36. The van der Waals surface area contributed by atoms with Crippen LogP contribution in [0.3, 0.4) is 0 Å². The fraction of sp³-hybridized carbons (Fsp3) is 0.579. The molecule has 5 heteroatoms. The summed E-state index contributed by atoms with van der Waals surface area (Å²) in [4.78, 5) is 0.364. The van der Waals surface area contributed by atoms with Gasteiger partial charge in [0.15, 0.2) is 0 Å². The summed E-state index contributed by atoms with van der Waals surface area (Å²) in [6, 6.07) is 7.01. The molecule has 2 aliphatic rings.